The van der Waals surface area contributed by atoms with Crippen LogP contribution in [-0.4, -0.2) is 43.3 Å². The van der Waals surface area contributed by atoms with Crippen LogP contribution in [0.25, 0.3) is 0 Å². The Kier molecular flexibility index (Phi) is 14.5. The Bertz CT molecular complexity index is 543. The number of hydrogen-bond acceptors (Lipinski definition) is 5. The number of alkyl carbamates (subject to hydrolysis) is 1. The molecule has 0 aromatic heterocycles. The van der Waals surface area contributed by atoms with Crippen molar-refractivity contribution in [2.24, 2.45) is 17.8 Å². The summed E-state index contributed by atoms with van der Waals surface area (Å²) in [6.45, 7) is 10.6. The lowest BCUT2D eigenvalue weighted by molar-refractivity contribution is -0.134. The Morgan fingerprint density at radius 1 is 1.10 bits per heavy atom. The maximum atomic E-state index is 12.7. The molecule has 2 N–H and O–H groups in total. The van der Waals surface area contributed by atoms with Crippen LogP contribution in [0.4, 0.5) is 4.79 Å². The van der Waals surface area contributed by atoms with Crippen LogP contribution < -0.4 is 10.6 Å². The van der Waals surface area contributed by atoms with E-state index in [4.69, 9.17) is 4.74 Å². The van der Waals surface area contributed by atoms with Crippen molar-refractivity contribution in [3.05, 3.63) is 12.2 Å². The van der Waals surface area contributed by atoms with Crippen molar-refractivity contribution in [1.29, 1.82) is 0 Å². The molecule has 29 heavy (non-hydrogen) atoms. The SMILES string of the molecule is CCCCOC(=O)NCCC(NC(=O)C(C/C=C/C(C)C)CC(C)C)C(=O)C=O. The number of amides is 2. The second-order valence-electron chi connectivity index (χ2n) is 8.02. The predicted molar refractivity (Wildman–Crippen MR) is 113 cm³/mol. The molecule has 2 atom stereocenters. The molecule has 0 aromatic rings. The molecule has 2 amide bonds. The van der Waals surface area contributed by atoms with Crippen LogP contribution in [0.15, 0.2) is 12.2 Å². The Hall–Kier alpha value is -2.18. The number of ketones is 1. The lowest BCUT2D eigenvalue weighted by atomic mass is 9.92. The summed E-state index contributed by atoms with van der Waals surface area (Å²) in [4.78, 5) is 47.2. The van der Waals surface area contributed by atoms with Crippen LogP contribution in [0, 0.1) is 17.8 Å². The second-order valence-corrected chi connectivity index (χ2v) is 8.02. The molecule has 0 fully saturated rings. The van der Waals surface area contributed by atoms with Gasteiger partial charge in [0.25, 0.3) is 0 Å². The molecule has 0 saturated carbocycles. The number of carbonyl (C=O) groups excluding carboxylic acids is 4. The summed E-state index contributed by atoms with van der Waals surface area (Å²) in [5.74, 6) is -0.527. The number of aldehydes is 1. The van der Waals surface area contributed by atoms with Gasteiger partial charge in [0.15, 0.2) is 6.29 Å². The number of hydrogen-bond donors (Lipinski definition) is 2. The number of carbonyl (C=O) groups is 4. The van der Waals surface area contributed by atoms with Gasteiger partial charge in [-0.1, -0.05) is 53.2 Å². The highest BCUT2D eigenvalue weighted by Crippen LogP contribution is 2.17. The van der Waals surface area contributed by atoms with Crippen LogP contribution in [0.3, 0.4) is 0 Å². The lowest BCUT2D eigenvalue weighted by Gasteiger charge is -2.21. The van der Waals surface area contributed by atoms with Crippen molar-refractivity contribution in [3.63, 3.8) is 0 Å². The number of rotatable bonds is 15. The first-order valence-electron chi connectivity index (χ1n) is 10.6. The average molecular weight is 411 g/mol. The molecule has 0 bridgehead atoms. The van der Waals surface area contributed by atoms with Crippen molar-refractivity contribution in [1.82, 2.24) is 10.6 Å². The highest BCUT2D eigenvalue weighted by molar-refractivity contribution is 6.27. The van der Waals surface area contributed by atoms with Gasteiger partial charge in [-0.2, -0.15) is 0 Å². The van der Waals surface area contributed by atoms with Gasteiger partial charge in [0.1, 0.15) is 0 Å². The van der Waals surface area contributed by atoms with Crippen LogP contribution in [0.1, 0.15) is 66.7 Å². The predicted octanol–water partition coefficient (Wildman–Crippen LogP) is 3.42. The summed E-state index contributed by atoms with van der Waals surface area (Å²) in [5, 5.41) is 5.23. The van der Waals surface area contributed by atoms with Gasteiger partial charge in [-0.05, 0) is 37.5 Å². The van der Waals surface area contributed by atoms with E-state index < -0.39 is 17.9 Å². The molecular weight excluding hydrogens is 372 g/mol. The molecule has 0 aliphatic heterocycles. The van der Waals surface area contributed by atoms with Crippen LogP contribution in [0.2, 0.25) is 0 Å². The summed E-state index contributed by atoms with van der Waals surface area (Å²) in [7, 11) is 0. The quantitative estimate of drug-likeness (QED) is 0.186. The third-order valence-electron chi connectivity index (χ3n) is 4.28. The Morgan fingerprint density at radius 3 is 2.34 bits per heavy atom. The van der Waals surface area contributed by atoms with Crippen LogP contribution in [-0.2, 0) is 19.1 Å². The van der Waals surface area contributed by atoms with E-state index in [2.05, 4.69) is 24.5 Å². The number of ether oxygens (including phenoxy) is 1. The first-order valence-corrected chi connectivity index (χ1v) is 10.6. The topological polar surface area (TPSA) is 102 Å². The molecule has 0 radical (unpaired) electrons. The maximum Gasteiger partial charge on any atom is 0.407 e. The summed E-state index contributed by atoms with van der Waals surface area (Å²) in [6, 6.07) is -0.959. The van der Waals surface area contributed by atoms with Crippen molar-refractivity contribution in [2.45, 2.75) is 72.8 Å². The van der Waals surface area contributed by atoms with Gasteiger partial charge >= 0.3 is 6.09 Å². The molecule has 0 aliphatic rings. The molecule has 7 heteroatoms. The van der Waals surface area contributed by atoms with Gasteiger partial charge < -0.3 is 15.4 Å². The summed E-state index contributed by atoms with van der Waals surface area (Å²) in [6.07, 6.45) is 6.74. The third kappa shape index (κ3) is 13.6. The first kappa shape index (κ1) is 26.8. The normalized spacial score (nSPS) is 13.3. The number of unbranched alkanes of at least 4 members (excludes halogenated alkanes) is 1. The molecule has 0 saturated heterocycles. The molecule has 0 aromatic carbocycles. The zero-order valence-electron chi connectivity index (χ0n) is 18.5. The van der Waals surface area contributed by atoms with Crippen molar-refractivity contribution in [3.8, 4) is 0 Å². The van der Waals surface area contributed by atoms with Gasteiger partial charge in [-0.25, -0.2) is 4.79 Å². The lowest BCUT2D eigenvalue weighted by Crippen LogP contribution is -2.46. The molecule has 166 valence electrons. The van der Waals surface area contributed by atoms with Gasteiger partial charge in [-0.3, -0.25) is 14.4 Å². The fraction of sp³-hybridized carbons (Fsp3) is 0.727. The summed E-state index contributed by atoms with van der Waals surface area (Å²) >= 11 is 0. The Morgan fingerprint density at radius 2 is 1.79 bits per heavy atom. The Balaban J connectivity index is 4.81. The largest absolute Gasteiger partial charge is 0.450 e. The van der Waals surface area contributed by atoms with Crippen molar-refractivity contribution >= 4 is 24.1 Å². The third-order valence-corrected chi connectivity index (χ3v) is 4.28. The standard InChI is InChI=1S/C22H38N2O5/c1-6-7-13-29-22(28)23-12-11-19(20(26)15-25)24-21(27)18(14-17(4)5)10-8-9-16(2)3/h8-9,15-19H,6-7,10-14H2,1-5H3,(H,23,28)(H,24,27)/b9-8+. The van der Waals surface area contributed by atoms with E-state index in [1.54, 1.807) is 0 Å². The van der Waals surface area contributed by atoms with E-state index in [0.717, 1.165) is 12.8 Å². The first-order chi connectivity index (χ1) is 13.7. The average Bonchev–Trinajstić information content (AvgIpc) is 2.65. The number of Topliss-reactive ketones (excluding diaryl/α,β-unsaturated/α-hetero) is 1. The monoisotopic (exact) mass is 410 g/mol. The minimum absolute atomic E-state index is 0.123. The summed E-state index contributed by atoms with van der Waals surface area (Å²) in [5.41, 5.74) is 0. The van der Waals surface area contributed by atoms with E-state index >= 15 is 0 Å². The smallest absolute Gasteiger partial charge is 0.407 e. The minimum atomic E-state index is -0.959. The van der Waals surface area contributed by atoms with Crippen molar-refractivity contribution in [2.75, 3.05) is 13.2 Å². The van der Waals surface area contributed by atoms with Gasteiger partial charge in [0, 0.05) is 12.5 Å². The zero-order chi connectivity index (χ0) is 22.2. The van der Waals surface area contributed by atoms with Crippen LogP contribution >= 0.6 is 0 Å². The van der Waals surface area contributed by atoms with Gasteiger partial charge in [-0.15, -0.1) is 0 Å². The van der Waals surface area contributed by atoms with Gasteiger partial charge in [0.2, 0.25) is 11.7 Å². The minimum Gasteiger partial charge on any atom is -0.450 e. The van der Waals surface area contributed by atoms with E-state index in [1.807, 2.05) is 32.9 Å². The maximum absolute atomic E-state index is 12.7. The molecule has 0 spiro atoms. The Labute approximate surface area is 175 Å². The van der Waals surface area contributed by atoms with E-state index in [1.165, 1.54) is 0 Å². The van der Waals surface area contributed by atoms with Crippen molar-refractivity contribution < 1.29 is 23.9 Å². The van der Waals surface area contributed by atoms with Gasteiger partial charge in [0.05, 0.1) is 12.6 Å². The second kappa shape index (κ2) is 15.7. The fourth-order valence-corrected chi connectivity index (χ4v) is 2.73. The number of nitrogens with one attached hydrogen (secondary N) is 2. The zero-order valence-corrected chi connectivity index (χ0v) is 18.5. The molecule has 7 nitrogen and oxygen atoms in total. The fourth-order valence-electron chi connectivity index (χ4n) is 2.73. The van der Waals surface area contributed by atoms with Crippen LogP contribution in [0.5, 0.6) is 0 Å². The highest BCUT2D eigenvalue weighted by atomic mass is 16.5. The molecule has 2 unspecified atom stereocenters. The highest BCUT2D eigenvalue weighted by Gasteiger charge is 2.25. The van der Waals surface area contributed by atoms with E-state index in [-0.39, 0.29) is 31.1 Å². The molecule has 0 heterocycles. The molecule has 0 aliphatic carbocycles. The molecule has 0 rings (SSSR count). The summed E-state index contributed by atoms with van der Waals surface area (Å²) < 4.78 is 4.98. The van der Waals surface area contributed by atoms with E-state index in [0.29, 0.717) is 31.3 Å². The van der Waals surface area contributed by atoms with E-state index in [9.17, 15) is 19.2 Å². The number of allylic oxidation sites excluding steroid dienone is 2. The molecular formula is C22H38N2O5.